The first-order valence-corrected chi connectivity index (χ1v) is 11.5. The molecule has 29 heavy (non-hydrogen) atoms. The SMILES string of the molecule is CN(CCNC(=O)c1ccccc1S(=O)(=O)N1CCCCC1)Cc1ccccc1. The Labute approximate surface area is 173 Å². The number of likely N-dealkylation sites (N-methyl/N-ethyl adjacent to an activating group) is 1. The molecule has 0 radical (unpaired) electrons. The van der Waals surface area contributed by atoms with E-state index in [1.807, 2.05) is 25.2 Å². The van der Waals surface area contributed by atoms with Crippen LogP contribution in [0.5, 0.6) is 0 Å². The first-order valence-electron chi connectivity index (χ1n) is 10.1. The van der Waals surface area contributed by atoms with Crippen molar-refractivity contribution in [2.24, 2.45) is 0 Å². The number of benzene rings is 2. The maximum Gasteiger partial charge on any atom is 0.252 e. The number of hydrogen-bond donors (Lipinski definition) is 1. The van der Waals surface area contributed by atoms with Gasteiger partial charge in [0.2, 0.25) is 10.0 Å². The van der Waals surface area contributed by atoms with Crippen LogP contribution < -0.4 is 5.32 Å². The minimum absolute atomic E-state index is 0.0945. The highest BCUT2D eigenvalue weighted by molar-refractivity contribution is 7.89. The molecular weight excluding hydrogens is 386 g/mol. The smallest absolute Gasteiger partial charge is 0.252 e. The molecule has 1 fully saturated rings. The maximum absolute atomic E-state index is 13.0. The van der Waals surface area contributed by atoms with E-state index in [9.17, 15) is 13.2 Å². The fraction of sp³-hybridized carbons (Fsp3) is 0.409. The minimum Gasteiger partial charge on any atom is -0.351 e. The summed E-state index contributed by atoms with van der Waals surface area (Å²) in [5.41, 5.74) is 1.42. The summed E-state index contributed by atoms with van der Waals surface area (Å²) in [6.07, 6.45) is 2.77. The number of amides is 1. The molecule has 6 nitrogen and oxygen atoms in total. The topological polar surface area (TPSA) is 69.7 Å². The quantitative estimate of drug-likeness (QED) is 0.720. The molecule has 1 aliphatic heterocycles. The highest BCUT2D eigenvalue weighted by Gasteiger charge is 2.29. The summed E-state index contributed by atoms with van der Waals surface area (Å²) in [6, 6.07) is 16.6. The molecule has 156 valence electrons. The van der Waals surface area contributed by atoms with Gasteiger partial charge in [-0.3, -0.25) is 4.79 Å². The Bertz CT molecular complexity index is 910. The summed E-state index contributed by atoms with van der Waals surface area (Å²) in [5.74, 6) is -0.353. The standard InChI is InChI=1S/C22H29N3O3S/c1-24(18-19-10-4-2-5-11-19)17-14-23-22(26)20-12-6-7-13-21(20)29(27,28)25-15-8-3-9-16-25/h2,4-7,10-13H,3,8-9,14-18H2,1H3,(H,23,26). The fourth-order valence-corrected chi connectivity index (χ4v) is 5.26. The van der Waals surface area contributed by atoms with E-state index in [2.05, 4.69) is 22.3 Å². The molecule has 0 aliphatic carbocycles. The molecule has 0 aromatic heterocycles. The fourth-order valence-electron chi connectivity index (χ4n) is 3.55. The number of nitrogens with one attached hydrogen (secondary N) is 1. The van der Waals surface area contributed by atoms with Crippen molar-refractivity contribution in [3.05, 3.63) is 65.7 Å². The van der Waals surface area contributed by atoms with Gasteiger partial charge in [-0.15, -0.1) is 0 Å². The predicted octanol–water partition coefficient (Wildman–Crippen LogP) is 2.72. The van der Waals surface area contributed by atoms with E-state index in [4.69, 9.17) is 0 Å². The normalized spacial score (nSPS) is 15.4. The van der Waals surface area contributed by atoms with Crippen molar-refractivity contribution in [3.8, 4) is 0 Å². The predicted molar refractivity (Wildman–Crippen MR) is 114 cm³/mol. The number of rotatable bonds is 8. The second-order valence-corrected chi connectivity index (χ2v) is 9.35. The molecule has 1 aliphatic rings. The number of carbonyl (C=O) groups excluding carboxylic acids is 1. The van der Waals surface area contributed by atoms with Crippen LogP contribution in [0.4, 0.5) is 0 Å². The van der Waals surface area contributed by atoms with Gasteiger partial charge in [0, 0.05) is 32.7 Å². The van der Waals surface area contributed by atoms with Crippen molar-refractivity contribution < 1.29 is 13.2 Å². The number of piperidine rings is 1. The van der Waals surface area contributed by atoms with Crippen LogP contribution >= 0.6 is 0 Å². The lowest BCUT2D eigenvalue weighted by atomic mass is 10.2. The second kappa shape index (κ2) is 10.0. The molecule has 0 unspecified atom stereocenters. The van der Waals surface area contributed by atoms with Gasteiger partial charge in [0.15, 0.2) is 0 Å². The van der Waals surface area contributed by atoms with E-state index in [0.29, 0.717) is 26.2 Å². The summed E-state index contributed by atoms with van der Waals surface area (Å²) in [4.78, 5) is 14.9. The highest BCUT2D eigenvalue weighted by atomic mass is 32.2. The van der Waals surface area contributed by atoms with Gasteiger partial charge in [0.1, 0.15) is 0 Å². The molecule has 1 amide bonds. The molecule has 1 saturated heterocycles. The minimum atomic E-state index is -3.66. The van der Waals surface area contributed by atoms with Crippen LogP contribution in [0, 0.1) is 0 Å². The van der Waals surface area contributed by atoms with Gasteiger partial charge in [0.05, 0.1) is 10.5 Å². The van der Waals surface area contributed by atoms with Crippen molar-refractivity contribution in [1.82, 2.24) is 14.5 Å². The lowest BCUT2D eigenvalue weighted by Crippen LogP contribution is -2.37. The Morgan fingerprint density at radius 3 is 2.38 bits per heavy atom. The van der Waals surface area contributed by atoms with Gasteiger partial charge < -0.3 is 10.2 Å². The molecule has 1 heterocycles. The largest absolute Gasteiger partial charge is 0.351 e. The van der Waals surface area contributed by atoms with Crippen molar-refractivity contribution in [2.45, 2.75) is 30.7 Å². The van der Waals surface area contributed by atoms with Crippen LogP contribution in [0.1, 0.15) is 35.2 Å². The van der Waals surface area contributed by atoms with Crippen molar-refractivity contribution in [1.29, 1.82) is 0 Å². The van der Waals surface area contributed by atoms with Gasteiger partial charge in [0.25, 0.3) is 5.91 Å². The Balaban J connectivity index is 1.61. The third-order valence-corrected chi connectivity index (χ3v) is 7.10. The van der Waals surface area contributed by atoms with Crippen LogP contribution in [0.2, 0.25) is 0 Å². The third-order valence-electron chi connectivity index (χ3n) is 5.14. The van der Waals surface area contributed by atoms with E-state index in [1.165, 1.54) is 15.9 Å². The summed E-state index contributed by atoms with van der Waals surface area (Å²) < 4.78 is 27.6. The van der Waals surface area contributed by atoms with Gasteiger partial charge in [-0.25, -0.2) is 8.42 Å². The van der Waals surface area contributed by atoms with Gasteiger partial charge >= 0.3 is 0 Å². The van der Waals surface area contributed by atoms with Crippen LogP contribution in [0.25, 0.3) is 0 Å². The molecule has 7 heteroatoms. The number of sulfonamides is 1. The zero-order valence-electron chi connectivity index (χ0n) is 16.9. The molecule has 2 aromatic rings. The highest BCUT2D eigenvalue weighted by Crippen LogP contribution is 2.23. The van der Waals surface area contributed by atoms with Crippen molar-refractivity contribution in [2.75, 3.05) is 33.2 Å². The molecular formula is C22H29N3O3S. The summed E-state index contributed by atoms with van der Waals surface area (Å²) in [5, 5.41) is 2.87. The lowest BCUT2D eigenvalue weighted by molar-refractivity contribution is 0.0946. The summed E-state index contributed by atoms with van der Waals surface area (Å²) >= 11 is 0. The monoisotopic (exact) mass is 415 g/mol. The van der Waals surface area contributed by atoms with Crippen LogP contribution in [-0.4, -0.2) is 56.8 Å². The Morgan fingerprint density at radius 2 is 1.66 bits per heavy atom. The molecule has 0 saturated carbocycles. The average molecular weight is 416 g/mol. The van der Waals surface area contributed by atoms with Gasteiger partial charge in [-0.05, 0) is 37.6 Å². The summed E-state index contributed by atoms with van der Waals surface area (Å²) in [6.45, 7) is 2.93. The number of nitrogens with zero attached hydrogens (tertiary/aromatic N) is 2. The third kappa shape index (κ3) is 5.65. The van der Waals surface area contributed by atoms with E-state index in [-0.39, 0.29) is 16.4 Å². The molecule has 0 spiro atoms. The summed E-state index contributed by atoms with van der Waals surface area (Å²) in [7, 11) is -1.66. The maximum atomic E-state index is 13.0. The molecule has 2 aromatic carbocycles. The molecule has 0 atom stereocenters. The molecule has 1 N–H and O–H groups in total. The first-order chi connectivity index (χ1) is 14.0. The van der Waals surface area contributed by atoms with Gasteiger partial charge in [-0.1, -0.05) is 48.9 Å². The van der Waals surface area contributed by atoms with Crippen LogP contribution in [-0.2, 0) is 16.6 Å². The number of carbonyl (C=O) groups is 1. The molecule has 3 rings (SSSR count). The van der Waals surface area contributed by atoms with Crippen molar-refractivity contribution in [3.63, 3.8) is 0 Å². The number of hydrogen-bond acceptors (Lipinski definition) is 4. The lowest BCUT2D eigenvalue weighted by Gasteiger charge is -2.26. The van der Waals surface area contributed by atoms with Crippen molar-refractivity contribution >= 4 is 15.9 Å². The van der Waals surface area contributed by atoms with E-state index in [0.717, 1.165) is 25.8 Å². The van der Waals surface area contributed by atoms with Gasteiger partial charge in [-0.2, -0.15) is 4.31 Å². The van der Waals surface area contributed by atoms with E-state index >= 15 is 0 Å². The average Bonchev–Trinajstić information content (AvgIpc) is 2.75. The Hall–Kier alpha value is -2.22. The van der Waals surface area contributed by atoms with Crippen LogP contribution in [0.3, 0.4) is 0 Å². The Morgan fingerprint density at radius 1 is 1.00 bits per heavy atom. The zero-order chi connectivity index (χ0) is 20.7. The zero-order valence-corrected chi connectivity index (χ0v) is 17.7. The van der Waals surface area contributed by atoms with Crippen LogP contribution in [0.15, 0.2) is 59.5 Å². The van der Waals surface area contributed by atoms with E-state index < -0.39 is 10.0 Å². The molecule has 0 bridgehead atoms. The Kier molecular flexibility index (Phi) is 7.41. The first kappa shape index (κ1) is 21.5. The van der Waals surface area contributed by atoms with E-state index in [1.54, 1.807) is 18.2 Å². The second-order valence-electron chi connectivity index (χ2n) is 7.44.